The van der Waals surface area contributed by atoms with Crippen molar-refractivity contribution in [3.63, 3.8) is 0 Å². The summed E-state index contributed by atoms with van der Waals surface area (Å²) in [5, 5.41) is 3.86. The highest BCUT2D eigenvalue weighted by Gasteiger charge is 2.17. The molecule has 1 aromatic heterocycles. The molecule has 0 spiro atoms. The van der Waals surface area contributed by atoms with Crippen LogP contribution in [0.4, 0.5) is 10.7 Å². The summed E-state index contributed by atoms with van der Waals surface area (Å²) in [6.07, 6.45) is 1.91. The third kappa shape index (κ3) is 1.73. The zero-order valence-corrected chi connectivity index (χ0v) is 9.01. The van der Waals surface area contributed by atoms with Gasteiger partial charge in [0.2, 0.25) is 0 Å². The average Bonchev–Trinajstić information content (AvgIpc) is 2.41. The second kappa shape index (κ2) is 3.89. The van der Waals surface area contributed by atoms with E-state index in [2.05, 4.69) is 5.32 Å². The summed E-state index contributed by atoms with van der Waals surface area (Å²) in [6.45, 7) is 0. The third-order valence-electron chi connectivity index (χ3n) is 1.55. The van der Waals surface area contributed by atoms with Gasteiger partial charge in [-0.25, -0.2) is 0 Å². The predicted molar refractivity (Wildman–Crippen MR) is 58.6 cm³/mol. The summed E-state index contributed by atoms with van der Waals surface area (Å²) in [5.41, 5.74) is 11.4. The molecule has 0 aliphatic carbocycles. The van der Waals surface area contributed by atoms with Crippen molar-refractivity contribution in [1.82, 2.24) is 0 Å². The van der Waals surface area contributed by atoms with Gasteiger partial charge in [0.1, 0.15) is 9.88 Å². The summed E-state index contributed by atoms with van der Waals surface area (Å²) in [6, 6.07) is 0. The molecule has 1 aromatic rings. The van der Waals surface area contributed by atoms with Crippen LogP contribution in [0.5, 0.6) is 0 Å². The van der Waals surface area contributed by atoms with Crippen LogP contribution < -0.4 is 16.8 Å². The first-order valence-electron chi connectivity index (χ1n) is 3.55. The summed E-state index contributed by atoms with van der Waals surface area (Å²) in [4.78, 5) is 12.2. The van der Waals surface area contributed by atoms with Gasteiger partial charge in [-0.3, -0.25) is 4.79 Å². The van der Waals surface area contributed by atoms with Crippen LogP contribution in [-0.4, -0.2) is 19.2 Å². The normalized spacial score (nSPS) is 10.0. The summed E-state index contributed by atoms with van der Waals surface area (Å²) in [5.74, 6) is -0.473. The molecule has 0 atom stereocenters. The van der Waals surface area contributed by atoms with Crippen LogP contribution in [0.2, 0.25) is 0 Å². The first kappa shape index (κ1) is 10.2. The standard InChI is InChI=1S/C7H11N3OS2/c1-10-7-5(12-2)3(8)4(13-7)6(9)11/h10H,8H2,1-2H3,(H2,9,11). The van der Waals surface area contributed by atoms with Crippen LogP contribution in [0, 0.1) is 0 Å². The maximum Gasteiger partial charge on any atom is 0.261 e. The molecule has 1 rings (SSSR count). The number of thiophene rings is 1. The fourth-order valence-electron chi connectivity index (χ4n) is 0.979. The van der Waals surface area contributed by atoms with Crippen molar-refractivity contribution in [3.8, 4) is 0 Å². The first-order chi connectivity index (χ1) is 6.11. The minimum Gasteiger partial charge on any atom is -0.396 e. The number of rotatable bonds is 3. The Morgan fingerprint density at radius 1 is 1.62 bits per heavy atom. The van der Waals surface area contributed by atoms with Gasteiger partial charge >= 0.3 is 0 Å². The van der Waals surface area contributed by atoms with Crippen LogP contribution in [0.15, 0.2) is 4.90 Å². The summed E-state index contributed by atoms with van der Waals surface area (Å²) < 4.78 is 0. The SMILES string of the molecule is CNc1sc(C(N)=O)c(N)c1SC. The topological polar surface area (TPSA) is 81.1 Å². The molecule has 1 heterocycles. The number of anilines is 2. The molecule has 0 saturated carbocycles. The van der Waals surface area contributed by atoms with Crippen LogP contribution in [0.25, 0.3) is 0 Å². The van der Waals surface area contributed by atoms with E-state index in [0.717, 1.165) is 9.90 Å². The highest BCUT2D eigenvalue weighted by atomic mass is 32.2. The fraction of sp³-hybridized carbons (Fsp3) is 0.286. The van der Waals surface area contributed by atoms with Crippen LogP contribution in [-0.2, 0) is 0 Å². The first-order valence-corrected chi connectivity index (χ1v) is 5.59. The lowest BCUT2D eigenvalue weighted by Gasteiger charge is -1.98. The number of hydrogen-bond acceptors (Lipinski definition) is 5. The Hall–Kier alpha value is -0.880. The van der Waals surface area contributed by atoms with Gasteiger partial charge < -0.3 is 16.8 Å². The fourth-order valence-corrected chi connectivity index (χ4v) is 2.85. The van der Waals surface area contributed by atoms with E-state index in [1.165, 1.54) is 23.1 Å². The Bertz CT molecular complexity index is 335. The van der Waals surface area contributed by atoms with Gasteiger partial charge in [0.25, 0.3) is 5.91 Å². The molecule has 0 bridgehead atoms. The number of nitrogens with two attached hydrogens (primary N) is 2. The second-order valence-electron chi connectivity index (χ2n) is 2.32. The highest BCUT2D eigenvalue weighted by molar-refractivity contribution is 7.99. The van der Waals surface area contributed by atoms with Gasteiger partial charge in [0.15, 0.2) is 0 Å². The molecule has 0 radical (unpaired) electrons. The number of carbonyl (C=O) groups is 1. The van der Waals surface area contributed by atoms with E-state index in [-0.39, 0.29) is 0 Å². The van der Waals surface area contributed by atoms with E-state index in [0.29, 0.717) is 10.6 Å². The van der Waals surface area contributed by atoms with Crippen molar-refractivity contribution in [2.24, 2.45) is 5.73 Å². The van der Waals surface area contributed by atoms with Crippen molar-refractivity contribution < 1.29 is 4.79 Å². The van der Waals surface area contributed by atoms with Gasteiger partial charge in [-0.05, 0) is 6.26 Å². The number of carbonyl (C=O) groups excluding carboxylic acids is 1. The summed E-state index contributed by atoms with van der Waals surface area (Å²) in [7, 11) is 1.79. The maximum absolute atomic E-state index is 10.9. The minimum atomic E-state index is -0.473. The minimum absolute atomic E-state index is 0.425. The predicted octanol–water partition coefficient (Wildman–Crippen LogP) is 1.19. The zero-order chi connectivity index (χ0) is 10.0. The molecule has 0 aliphatic heterocycles. The van der Waals surface area contributed by atoms with Gasteiger partial charge in [-0.1, -0.05) is 0 Å². The van der Waals surface area contributed by atoms with Crippen molar-refractivity contribution >= 4 is 39.7 Å². The van der Waals surface area contributed by atoms with Crippen molar-refractivity contribution in [3.05, 3.63) is 4.88 Å². The largest absolute Gasteiger partial charge is 0.396 e. The van der Waals surface area contributed by atoms with Crippen molar-refractivity contribution in [2.45, 2.75) is 4.90 Å². The smallest absolute Gasteiger partial charge is 0.261 e. The van der Waals surface area contributed by atoms with Crippen molar-refractivity contribution in [1.29, 1.82) is 0 Å². The second-order valence-corrected chi connectivity index (χ2v) is 4.16. The Morgan fingerprint density at radius 2 is 2.23 bits per heavy atom. The molecule has 0 saturated heterocycles. The number of amides is 1. The van der Waals surface area contributed by atoms with Crippen LogP contribution >= 0.6 is 23.1 Å². The highest BCUT2D eigenvalue weighted by Crippen LogP contribution is 2.40. The Balaban J connectivity index is 3.26. The molecule has 0 aromatic carbocycles. The van der Waals surface area contributed by atoms with Gasteiger partial charge in [0, 0.05) is 7.05 Å². The molecule has 0 unspecified atom stereocenters. The molecule has 4 nitrogen and oxygen atoms in total. The number of nitrogen functional groups attached to an aromatic ring is 1. The molecule has 72 valence electrons. The number of primary amides is 1. The van der Waals surface area contributed by atoms with E-state index in [9.17, 15) is 4.79 Å². The van der Waals surface area contributed by atoms with Gasteiger partial charge in [-0.15, -0.1) is 23.1 Å². The Labute approximate surface area is 84.7 Å². The van der Waals surface area contributed by atoms with E-state index >= 15 is 0 Å². The molecular formula is C7H11N3OS2. The van der Waals surface area contributed by atoms with Crippen LogP contribution in [0.1, 0.15) is 9.67 Å². The number of thioether (sulfide) groups is 1. The molecule has 5 N–H and O–H groups in total. The molecule has 0 aliphatic rings. The Kier molecular flexibility index (Phi) is 3.05. The van der Waals surface area contributed by atoms with Crippen LogP contribution in [0.3, 0.4) is 0 Å². The third-order valence-corrected chi connectivity index (χ3v) is 3.75. The van der Waals surface area contributed by atoms with Crippen molar-refractivity contribution in [2.75, 3.05) is 24.4 Å². The lowest BCUT2D eigenvalue weighted by atomic mass is 10.4. The van der Waals surface area contributed by atoms with E-state index in [1.54, 1.807) is 7.05 Å². The molecule has 1 amide bonds. The van der Waals surface area contributed by atoms with E-state index < -0.39 is 5.91 Å². The quantitative estimate of drug-likeness (QED) is 0.664. The van der Waals surface area contributed by atoms with Gasteiger partial charge in [0.05, 0.1) is 10.6 Å². The average molecular weight is 217 g/mol. The molecule has 0 fully saturated rings. The summed E-state index contributed by atoms with van der Waals surface area (Å²) >= 11 is 2.79. The maximum atomic E-state index is 10.9. The number of nitrogens with one attached hydrogen (secondary N) is 1. The molecule has 13 heavy (non-hydrogen) atoms. The zero-order valence-electron chi connectivity index (χ0n) is 7.38. The van der Waals surface area contributed by atoms with Gasteiger partial charge in [-0.2, -0.15) is 0 Å². The molecule has 6 heteroatoms. The van der Waals surface area contributed by atoms with E-state index in [1.807, 2.05) is 6.26 Å². The lowest BCUT2D eigenvalue weighted by Crippen LogP contribution is -2.10. The lowest BCUT2D eigenvalue weighted by molar-refractivity contribution is 0.100. The Morgan fingerprint density at radius 3 is 2.54 bits per heavy atom. The molecular weight excluding hydrogens is 206 g/mol. The van der Waals surface area contributed by atoms with E-state index in [4.69, 9.17) is 11.5 Å². The number of hydrogen-bond donors (Lipinski definition) is 3. The monoisotopic (exact) mass is 217 g/mol.